The van der Waals surface area contributed by atoms with E-state index < -0.39 is 0 Å². The van der Waals surface area contributed by atoms with Crippen molar-refractivity contribution in [3.05, 3.63) is 34.1 Å². The van der Waals surface area contributed by atoms with Crippen LogP contribution >= 0.6 is 15.9 Å². The zero-order chi connectivity index (χ0) is 14.7. The van der Waals surface area contributed by atoms with Crippen molar-refractivity contribution in [1.82, 2.24) is 4.90 Å². The van der Waals surface area contributed by atoms with Gasteiger partial charge in [-0.15, -0.1) is 0 Å². The Kier molecular flexibility index (Phi) is 5.29. The van der Waals surface area contributed by atoms with Crippen LogP contribution in [-0.4, -0.2) is 42.5 Å². The van der Waals surface area contributed by atoms with Crippen molar-refractivity contribution in [2.45, 2.75) is 32.4 Å². The molecule has 0 radical (unpaired) electrons. The van der Waals surface area contributed by atoms with Crippen LogP contribution in [-0.2, 0) is 16.0 Å². The van der Waals surface area contributed by atoms with Crippen molar-refractivity contribution < 1.29 is 13.9 Å². The van der Waals surface area contributed by atoms with Crippen LogP contribution in [0.25, 0.3) is 0 Å². The Bertz CT molecular complexity index is 493. The molecule has 0 aromatic heterocycles. The summed E-state index contributed by atoms with van der Waals surface area (Å²) in [5, 5.41) is 0. The predicted molar refractivity (Wildman–Crippen MR) is 79.3 cm³/mol. The van der Waals surface area contributed by atoms with E-state index in [1.807, 2.05) is 0 Å². The van der Waals surface area contributed by atoms with Gasteiger partial charge >= 0.3 is 0 Å². The van der Waals surface area contributed by atoms with Gasteiger partial charge in [-0.2, -0.15) is 0 Å². The van der Waals surface area contributed by atoms with Crippen LogP contribution in [0.1, 0.15) is 19.4 Å². The summed E-state index contributed by atoms with van der Waals surface area (Å²) in [4.78, 5) is 14.5. The van der Waals surface area contributed by atoms with E-state index in [0.29, 0.717) is 23.7 Å². The maximum absolute atomic E-state index is 13.2. The number of morpholine rings is 1. The van der Waals surface area contributed by atoms with Crippen LogP contribution in [0.4, 0.5) is 4.39 Å². The second kappa shape index (κ2) is 6.78. The number of Topliss-reactive ketones (excluding diaryl/α,β-unsaturated/α-hetero) is 1. The standard InChI is InChI=1S/C15H19BrFNO2/c1-10(2)18-5-6-20-15(9-18)14(19)8-11-3-4-13(17)12(16)7-11/h3-4,7,10,15H,5-6,8-9H2,1-2H3. The molecular formula is C15H19BrFNO2. The molecular weight excluding hydrogens is 325 g/mol. The summed E-state index contributed by atoms with van der Waals surface area (Å²) in [6.07, 6.45) is -0.106. The van der Waals surface area contributed by atoms with Gasteiger partial charge in [0.25, 0.3) is 0 Å². The Hall–Kier alpha value is -0.780. The minimum atomic E-state index is -0.380. The largest absolute Gasteiger partial charge is 0.368 e. The van der Waals surface area contributed by atoms with Crippen molar-refractivity contribution in [3.63, 3.8) is 0 Å². The third-order valence-corrected chi connectivity index (χ3v) is 4.16. The van der Waals surface area contributed by atoms with Crippen molar-refractivity contribution in [2.75, 3.05) is 19.7 Å². The van der Waals surface area contributed by atoms with Gasteiger partial charge in [0.2, 0.25) is 0 Å². The molecule has 0 bridgehead atoms. The van der Waals surface area contributed by atoms with Crippen molar-refractivity contribution in [1.29, 1.82) is 0 Å². The van der Waals surface area contributed by atoms with E-state index in [1.54, 1.807) is 12.1 Å². The minimum Gasteiger partial charge on any atom is -0.368 e. The van der Waals surface area contributed by atoms with E-state index in [1.165, 1.54) is 6.07 Å². The monoisotopic (exact) mass is 343 g/mol. The second-order valence-electron chi connectivity index (χ2n) is 5.34. The fraction of sp³-hybridized carbons (Fsp3) is 0.533. The van der Waals surface area contributed by atoms with Crippen LogP contribution in [0.15, 0.2) is 22.7 Å². The van der Waals surface area contributed by atoms with Crippen molar-refractivity contribution in [2.24, 2.45) is 0 Å². The van der Waals surface area contributed by atoms with Gasteiger partial charge in [-0.25, -0.2) is 4.39 Å². The average Bonchev–Trinajstić information content (AvgIpc) is 2.43. The molecule has 1 aromatic carbocycles. The quantitative estimate of drug-likeness (QED) is 0.841. The Morgan fingerprint density at radius 1 is 1.55 bits per heavy atom. The first kappa shape index (κ1) is 15.6. The molecule has 0 N–H and O–H groups in total. The number of benzene rings is 1. The average molecular weight is 344 g/mol. The molecule has 1 aliphatic rings. The molecule has 0 aliphatic carbocycles. The van der Waals surface area contributed by atoms with Crippen molar-refractivity contribution in [3.8, 4) is 0 Å². The third-order valence-electron chi connectivity index (χ3n) is 3.55. The summed E-state index contributed by atoms with van der Waals surface area (Å²) in [5.74, 6) is -0.269. The topological polar surface area (TPSA) is 29.5 Å². The van der Waals surface area contributed by atoms with E-state index in [0.717, 1.165) is 12.1 Å². The van der Waals surface area contributed by atoms with E-state index >= 15 is 0 Å². The normalized spacial score (nSPS) is 20.4. The highest BCUT2D eigenvalue weighted by Gasteiger charge is 2.27. The summed E-state index contributed by atoms with van der Waals surface area (Å²) in [5.41, 5.74) is 0.800. The highest BCUT2D eigenvalue weighted by Crippen LogP contribution is 2.18. The second-order valence-corrected chi connectivity index (χ2v) is 6.19. The minimum absolute atomic E-state index is 0.0499. The van der Waals surface area contributed by atoms with Gasteiger partial charge in [-0.3, -0.25) is 9.69 Å². The Labute approximate surface area is 127 Å². The summed E-state index contributed by atoms with van der Waals surface area (Å²) >= 11 is 3.13. The molecule has 0 amide bonds. The molecule has 110 valence electrons. The predicted octanol–water partition coefficient (Wildman–Crippen LogP) is 2.81. The molecule has 3 nitrogen and oxygen atoms in total. The fourth-order valence-corrected chi connectivity index (χ4v) is 2.72. The lowest BCUT2D eigenvalue weighted by Crippen LogP contribution is -2.49. The Balaban J connectivity index is 1.98. The lowest BCUT2D eigenvalue weighted by atomic mass is 10.0. The maximum Gasteiger partial charge on any atom is 0.167 e. The molecule has 1 aromatic rings. The van der Waals surface area contributed by atoms with Gasteiger partial charge in [-0.1, -0.05) is 6.07 Å². The first-order valence-electron chi connectivity index (χ1n) is 6.79. The number of hydrogen-bond donors (Lipinski definition) is 0. The van der Waals surface area contributed by atoms with Gasteiger partial charge in [-0.05, 0) is 47.5 Å². The van der Waals surface area contributed by atoms with Gasteiger partial charge in [0.05, 0.1) is 11.1 Å². The Morgan fingerprint density at radius 3 is 2.95 bits per heavy atom. The molecule has 1 fully saturated rings. The van der Waals surface area contributed by atoms with Crippen LogP contribution in [0, 0.1) is 5.82 Å². The molecule has 5 heteroatoms. The molecule has 1 atom stereocenters. The molecule has 2 rings (SSSR count). The first-order chi connectivity index (χ1) is 9.47. The molecule has 1 aliphatic heterocycles. The molecule has 20 heavy (non-hydrogen) atoms. The highest BCUT2D eigenvalue weighted by atomic mass is 79.9. The number of carbonyl (C=O) groups is 1. The van der Waals surface area contributed by atoms with E-state index in [-0.39, 0.29) is 24.1 Å². The summed E-state index contributed by atoms with van der Waals surface area (Å²) < 4.78 is 19.1. The molecule has 1 heterocycles. The number of hydrogen-bond acceptors (Lipinski definition) is 3. The molecule has 1 unspecified atom stereocenters. The van der Waals surface area contributed by atoms with Crippen LogP contribution < -0.4 is 0 Å². The maximum atomic E-state index is 13.2. The van der Waals surface area contributed by atoms with E-state index in [9.17, 15) is 9.18 Å². The zero-order valence-electron chi connectivity index (χ0n) is 11.7. The lowest BCUT2D eigenvalue weighted by Gasteiger charge is -2.34. The fourth-order valence-electron chi connectivity index (χ4n) is 2.30. The van der Waals surface area contributed by atoms with Crippen molar-refractivity contribution >= 4 is 21.7 Å². The van der Waals surface area contributed by atoms with Crippen LogP contribution in [0.2, 0.25) is 0 Å². The Morgan fingerprint density at radius 2 is 2.30 bits per heavy atom. The summed E-state index contributed by atoms with van der Waals surface area (Å²) in [6.45, 7) is 6.32. The van der Waals surface area contributed by atoms with Crippen LogP contribution in [0.5, 0.6) is 0 Å². The number of nitrogens with zero attached hydrogens (tertiary/aromatic N) is 1. The summed E-state index contributed by atoms with van der Waals surface area (Å²) in [6, 6.07) is 5.07. The van der Waals surface area contributed by atoms with Gasteiger partial charge in [0.1, 0.15) is 11.9 Å². The number of ketones is 1. The molecule has 0 saturated carbocycles. The van der Waals surface area contributed by atoms with Crippen LogP contribution in [0.3, 0.4) is 0 Å². The third kappa shape index (κ3) is 3.87. The van der Waals surface area contributed by atoms with E-state index in [4.69, 9.17) is 4.74 Å². The van der Waals surface area contributed by atoms with Gasteiger partial charge in [0.15, 0.2) is 5.78 Å². The summed E-state index contributed by atoms with van der Waals surface area (Å²) in [7, 11) is 0. The zero-order valence-corrected chi connectivity index (χ0v) is 13.3. The molecule has 0 spiro atoms. The van der Waals surface area contributed by atoms with E-state index in [2.05, 4.69) is 34.7 Å². The number of rotatable bonds is 4. The highest BCUT2D eigenvalue weighted by molar-refractivity contribution is 9.10. The smallest absolute Gasteiger partial charge is 0.167 e. The SMILES string of the molecule is CC(C)N1CCOC(C(=O)Cc2ccc(F)c(Br)c2)C1. The first-order valence-corrected chi connectivity index (χ1v) is 7.59. The lowest BCUT2D eigenvalue weighted by molar-refractivity contribution is -0.136. The van der Waals surface area contributed by atoms with Gasteiger partial charge < -0.3 is 4.74 Å². The number of halogens is 2. The number of carbonyl (C=O) groups excluding carboxylic acids is 1. The number of ether oxygens (including phenoxy) is 1. The van der Waals surface area contributed by atoms with Gasteiger partial charge in [0, 0.05) is 25.6 Å². The molecule has 1 saturated heterocycles.